The van der Waals surface area contributed by atoms with Gasteiger partial charge in [0.25, 0.3) is 10.1 Å². The molecule has 24 nitrogen and oxygen atoms in total. The number of benzene rings is 4. The van der Waals surface area contributed by atoms with Crippen molar-refractivity contribution < 1.29 is 45.3 Å². The Hall–Kier alpha value is -6.50. The third kappa shape index (κ3) is 14.2. The van der Waals surface area contributed by atoms with Gasteiger partial charge < -0.3 is 45.0 Å². The first-order valence-corrected chi connectivity index (χ1v) is 26.7. The summed E-state index contributed by atoms with van der Waals surface area (Å²) in [5.41, 5.74) is 3.59. The first kappa shape index (κ1) is 55.8. The van der Waals surface area contributed by atoms with E-state index in [9.17, 15) is 23.2 Å². The fraction of sp³-hybridized carbons (Fsp3) is 0.326. The van der Waals surface area contributed by atoms with Crippen LogP contribution in [0.5, 0.6) is 11.5 Å². The average molecular weight is 1120 g/mol. The SMILES string of the molecule is CCN(CC)c1cc(Nc2nc(Nc3cc(N(CC)CC)c(OC)cc3N=Nc3nc4c(S(=O)(=O)O)cc(Cl)cc4s3)nc(N(CCO)CCO)n2)c(N=Nc2nc3ccc(Cl)cc3s2)cc1OC.O=S(=O)=O. The minimum Gasteiger partial charge on any atom is -0.494 e. The average Bonchev–Trinajstić information content (AvgIpc) is 3.96. The van der Waals surface area contributed by atoms with Gasteiger partial charge in [-0.15, -0.1) is 33.1 Å². The summed E-state index contributed by atoms with van der Waals surface area (Å²) >= 11 is 14.8. The molecule has 388 valence electrons. The molecule has 4 aromatic carbocycles. The number of hydrogen-bond acceptors (Lipinski definition) is 25. The molecule has 0 saturated heterocycles. The quantitative estimate of drug-likeness (QED) is 0.0311. The van der Waals surface area contributed by atoms with Crippen LogP contribution in [-0.4, -0.2) is 127 Å². The maximum absolute atomic E-state index is 12.2. The summed E-state index contributed by atoms with van der Waals surface area (Å²) in [5.74, 6) is 1.20. The van der Waals surface area contributed by atoms with Crippen molar-refractivity contribution in [1.82, 2.24) is 24.9 Å². The number of rotatable bonds is 22. The van der Waals surface area contributed by atoms with E-state index >= 15 is 0 Å². The van der Waals surface area contributed by atoms with E-state index in [4.69, 9.17) is 60.3 Å². The number of anilines is 7. The van der Waals surface area contributed by atoms with Gasteiger partial charge in [0.1, 0.15) is 33.3 Å². The van der Waals surface area contributed by atoms with Crippen LogP contribution in [0.4, 0.5) is 62.2 Å². The molecule has 0 aliphatic carbocycles. The van der Waals surface area contributed by atoms with Crippen molar-refractivity contribution in [2.45, 2.75) is 32.6 Å². The Morgan fingerprint density at radius 3 is 1.59 bits per heavy atom. The van der Waals surface area contributed by atoms with Gasteiger partial charge in [-0.3, -0.25) is 4.55 Å². The van der Waals surface area contributed by atoms with E-state index in [-0.39, 0.29) is 65.5 Å². The molecule has 73 heavy (non-hydrogen) atoms. The second-order valence-electron chi connectivity index (χ2n) is 14.8. The van der Waals surface area contributed by atoms with Gasteiger partial charge in [-0.25, -0.2) is 9.97 Å². The lowest BCUT2D eigenvalue weighted by atomic mass is 10.2. The molecule has 0 radical (unpaired) electrons. The molecule has 5 N–H and O–H groups in total. The van der Waals surface area contributed by atoms with E-state index in [1.165, 1.54) is 24.5 Å². The summed E-state index contributed by atoms with van der Waals surface area (Å²) in [6.07, 6.45) is 0. The van der Waals surface area contributed by atoms with Gasteiger partial charge in [0, 0.05) is 61.4 Å². The predicted molar refractivity (Wildman–Crippen MR) is 283 cm³/mol. The highest BCUT2D eigenvalue weighted by molar-refractivity contribution is 7.86. The largest absolute Gasteiger partial charge is 0.494 e. The lowest BCUT2D eigenvalue weighted by Crippen LogP contribution is -2.31. The van der Waals surface area contributed by atoms with E-state index in [1.807, 2.05) is 45.9 Å². The number of halogens is 2. The van der Waals surface area contributed by atoms with E-state index in [0.717, 1.165) is 33.3 Å². The number of azo groups is 2. The molecule has 3 aromatic heterocycles. The van der Waals surface area contributed by atoms with Crippen molar-refractivity contribution in [1.29, 1.82) is 0 Å². The van der Waals surface area contributed by atoms with Gasteiger partial charge in [0.05, 0.1) is 65.1 Å². The van der Waals surface area contributed by atoms with Crippen molar-refractivity contribution in [2.24, 2.45) is 20.5 Å². The van der Waals surface area contributed by atoms with Crippen LogP contribution in [0.3, 0.4) is 0 Å². The van der Waals surface area contributed by atoms with Crippen molar-refractivity contribution in [3.05, 3.63) is 64.6 Å². The molecule has 7 rings (SSSR count). The number of aromatic nitrogens is 5. The fourth-order valence-corrected chi connectivity index (χ4v) is 10.2. The monoisotopic (exact) mass is 1120 g/mol. The molecule has 3 heterocycles. The molecule has 0 fully saturated rings. The van der Waals surface area contributed by atoms with Crippen LogP contribution in [0, 0.1) is 0 Å². The number of nitrogens with one attached hydrogen (secondary N) is 2. The maximum Gasteiger partial charge on any atom is 0.425 e. The highest BCUT2D eigenvalue weighted by atomic mass is 35.5. The highest BCUT2D eigenvalue weighted by Gasteiger charge is 2.23. The molecule has 0 spiro atoms. The molecule has 0 atom stereocenters. The molecule has 0 amide bonds. The Morgan fingerprint density at radius 1 is 0.644 bits per heavy atom. The summed E-state index contributed by atoms with van der Waals surface area (Å²) < 4.78 is 72.6. The summed E-state index contributed by atoms with van der Waals surface area (Å²) in [4.78, 5) is 28.6. The molecule has 0 saturated carbocycles. The van der Waals surface area contributed by atoms with Crippen LogP contribution < -0.4 is 34.8 Å². The summed E-state index contributed by atoms with van der Waals surface area (Å²) in [7, 11) is -4.67. The van der Waals surface area contributed by atoms with Gasteiger partial charge in [-0.1, -0.05) is 45.9 Å². The van der Waals surface area contributed by atoms with E-state index < -0.39 is 25.6 Å². The van der Waals surface area contributed by atoms with Gasteiger partial charge in [0.15, 0.2) is 0 Å². The van der Waals surface area contributed by atoms with Crippen molar-refractivity contribution in [2.75, 3.05) is 92.0 Å². The Bertz CT molecular complexity index is 3370. The van der Waals surface area contributed by atoms with Crippen LogP contribution >= 0.6 is 45.9 Å². The van der Waals surface area contributed by atoms with Crippen LogP contribution in [0.1, 0.15) is 27.7 Å². The molecule has 0 unspecified atom stereocenters. The molecule has 7 aromatic rings. The van der Waals surface area contributed by atoms with Crippen LogP contribution in [0.25, 0.3) is 20.4 Å². The van der Waals surface area contributed by atoms with E-state index in [0.29, 0.717) is 75.3 Å². The number of methoxy groups -OCH3 is 2. The Kier molecular flexibility index (Phi) is 19.4. The van der Waals surface area contributed by atoms with Crippen molar-refractivity contribution >= 4 is 149 Å². The minimum absolute atomic E-state index is 0.0189. The van der Waals surface area contributed by atoms with Crippen molar-refractivity contribution in [3.63, 3.8) is 0 Å². The number of thiazole rings is 2. The number of nitrogens with zero attached hydrogens (tertiary/aromatic N) is 12. The molecular formula is C43H48Cl2N14O10S4. The summed E-state index contributed by atoms with van der Waals surface area (Å²) in [6.45, 7) is 10.3. The first-order valence-electron chi connectivity index (χ1n) is 21.9. The van der Waals surface area contributed by atoms with Crippen LogP contribution in [-0.2, 0) is 20.7 Å². The third-order valence-electron chi connectivity index (χ3n) is 10.5. The predicted octanol–water partition coefficient (Wildman–Crippen LogP) is 9.46. The smallest absolute Gasteiger partial charge is 0.425 e. The van der Waals surface area contributed by atoms with Gasteiger partial charge in [0.2, 0.25) is 28.1 Å². The molecular weight excluding hydrogens is 1070 g/mol. The van der Waals surface area contributed by atoms with Crippen molar-refractivity contribution in [3.8, 4) is 11.5 Å². The maximum atomic E-state index is 12.2. The fourth-order valence-electron chi connectivity index (χ4n) is 7.16. The lowest BCUT2D eigenvalue weighted by molar-refractivity contribution is 0.280. The topological polar surface area (TPSA) is 312 Å². The standard InChI is InChI=1S/C43H48Cl2N14O7S3.O3S/c1-7-57(8-2)31-20-27(29(22-33(31)65-5)53-55-42-48-26-12-11-24(44)17-35(26)67-42)46-39-50-40(52-41(51-39)59(13-15-60)14-16-61)47-28-21-32(58(9-3)10-4)34(66-6)23-30(28)54-56-43-49-38-36(68-43)18-25(45)19-37(38)69(62,63)64;1-4(2)3/h11-12,17-23,60-61H,7-10,13-16H2,1-6H3,(H,62,63,64)(H2,46,47,50,51,52);. The van der Waals surface area contributed by atoms with Crippen LogP contribution in [0.2, 0.25) is 10.0 Å². The number of ether oxygens (including phenoxy) is 2. The van der Waals surface area contributed by atoms with E-state index in [1.54, 1.807) is 36.3 Å². The Balaban J connectivity index is 0.00000209. The Morgan fingerprint density at radius 2 is 1.12 bits per heavy atom. The van der Waals surface area contributed by atoms with Gasteiger partial charge >= 0.3 is 10.6 Å². The number of aliphatic hydroxyl groups excluding tert-OH is 2. The second-order valence-corrected chi connectivity index (χ2v) is 19.5. The minimum atomic E-state index is -4.67. The second kappa shape index (κ2) is 25.4. The summed E-state index contributed by atoms with van der Waals surface area (Å²) in [5, 5.41) is 45.9. The van der Waals surface area contributed by atoms with Gasteiger partial charge in [-0.05, 0) is 70.2 Å². The van der Waals surface area contributed by atoms with E-state index in [2.05, 4.69) is 50.9 Å². The molecule has 0 aliphatic heterocycles. The van der Waals surface area contributed by atoms with Gasteiger partial charge in [-0.2, -0.15) is 23.4 Å². The normalized spacial score (nSPS) is 11.5. The Labute approximate surface area is 438 Å². The van der Waals surface area contributed by atoms with Crippen LogP contribution in [0.15, 0.2) is 79.9 Å². The first-order chi connectivity index (χ1) is 34.9. The number of hydrogen-bond donors (Lipinski definition) is 5. The number of fused-ring (bicyclic) bond motifs is 2. The zero-order valence-electron chi connectivity index (χ0n) is 39.8. The zero-order valence-corrected chi connectivity index (χ0v) is 44.6. The lowest BCUT2D eigenvalue weighted by Gasteiger charge is -2.25. The molecule has 0 bridgehead atoms. The highest BCUT2D eigenvalue weighted by Crippen LogP contribution is 2.44. The third-order valence-corrected chi connectivity index (χ3v) is 13.6. The zero-order chi connectivity index (χ0) is 53.0. The number of aliphatic hydroxyl groups is 2. The summed E-state index contributed by atoms with van der Waals surface area (Å²) in [6, 6.07) is 15.1. The molecule has 0 aliphatic rings. The molecule has 30 heteroatoms.